The Morgan fingerprint density at radius 2 is 2.00 bits per heavy atom. The maximum Gasteiger partial charge on any atom is 0.126 e. The summed E-state index contributed by atoms with van der Waals surface area (Å²) in [5.74, 6) is 1.65. The lowest BCUT2D eigenvalue weighted by molar-refractivity contribution is 0.391. The Bertz CT molecular complexity index is 334. The van der Waals surface area contributed by atoms with Gasteiger partial charge in [-0.2, -0.15) is 0 Å². The predicted octanol–water partition coefficient (Wildman–Crippen LogP) is 1.76. The molecule has 1 aromatic carbocycles. The van der Waals surface area contributed by atoms with Gasteiger partial charge in [0, 0.05) is 12.6 Å². The molecule has 0 aromatic heterocycles. The minimum Gasteiger partial charge on any atom is -0.497 e. The van der Waals surface area contributed by atoms with Crippen LogP contribution in [-0.4, -0.2) is 20.8 Å². The molecule has 0 fully saturated rings. The summed E-state index contributed by atoms with van der Waals surface area (Å²) in [4.78, 5) is 0. The zero-order valence-electron chi connectivity index (χ0n) is 9.19. The SMILES string of the molecule is COc1ccc(CC=CCN)c(OC)c1. The van der Waals surface area contributed by atoms with E-state index in [1.54, 1.807) is 14.2 Å². The van der Waals surface area contributed by atoms with Crippen molar-refractivity contribution >= 4 is 0 Å². The summed E-state index contributed by atoms with van der Waals surface area (Å²) < 4.78 is 10.4. The van der Waals surface area contributed by atoms with Crippen molar-refractivity contribution in [2.45, 2.75) is 6.42 Å². The molecule has 0 spiro atoms. The third-order valence-electron chi connectivity index (χ3n) is 2.13. The molecule has 0 aliphatic rings. The number of ether oxygens (including phenoxy) is 2. The smallest absolute Gasteiger partial charge is 0.126 e. The van der Waals surface area contributed by atoms with Gasteiger partial charge in [0.2, 0.25) is 0 Å². The van der Waals surface area contributed by atoms with Crippen LogP contribution in [0.1, 0.15) is 5.56 Å². The van der Waals surface area contributed by atoms with E-state index in [2.05, 4.69) is 0 Å². The summed E-state index contributed by atoms with van der Waals surface area (Å²) in [7, 11) is 3.30. The highest BCUT2D eigenvalue weighted by molar-refractivity contribution is 5.41. The molecule has 0 bridgehead atoms. The average molecular weight is 207 g/mol. The molecule has 0 heterocycles. The summed E-state index contributed by atoms with van der Waals surface area (Å²) in [6, 6.07) is 5.80. The van der Waals surface area contributed by atoms with Gasteiger partial charge in [-0.15, -0.1) is 0 Å². The van der Waals surface area contributed by atoms with E-state index in [1.807, 2.05) is 30.4 Å². The summed E-state index contributed by atoms with van der Waals surface area (Å²) in [6.45, 7) is 0.568. The minimum atomic E-state index is 0.568. The Kier molecular flexibility index (Phi) is 4.71. The standard InChI is InChI=1S/C12H17NO2/c1-14-11-7-6-10(5-3-4-8-13)12(9-11)15-2/h3-4,6-7,9H,5,8,13H2,1-2H3. The third kappa shape index (κ3) is 3.29. The summed E-state index contributed by atoms with van der Waals surface area (Å²) >= 11 is 0. The molecule has 3 nitrogen and oxygen atoms in total. The van der Waals surface area contributed by atoms with Crippen molar-refractivity contribution in [2.75, 3.05) is 20.8 Å². The fourth-order valence-electron chi connectivity index (χ4n) is 1.33. The largest absolute Gasteiger partial charge is 0.497 e. The maximum absolute atomic E-state index is 5.37. The Balaban J connectivity index is 2.82. The molecule has 0 radical (unpaired) electrons. The highest BCUT2D eigenvalue weighted by Crippen LogP contribution is 2.24. The van der Waals surface area contributed by atoms with Crippen LogP contribution >= 0.6 is 0 Å². The Hall–Kier alpha value is -1.48. The Labute approximate surface area is 90.5 Å². The second-order valence-corrected chi connectivity index (χ2v) is 3.09. The monoisotopic (exact) mass is 207 g/mol. The van der Waals surface area contributed by atoms with Gasteiger partial charge in [0.15, 0.2) is 0 Å². The van der Waals surface area contributed by atoms with Crippen LogP contribution in [0.25, 0.3) is 0 Å². The van der Waals surface area contributed by atoms with Crippen LogP contribution < -0.4 is 15.2 Å². The molecule has 0 amide bonds. The molecule has 15 heavy (non-hydrogen) atoms. The number of hydrogen-bond donors (Lipinski definition) is 1. The lowest BCUT2D eigenvalue weighted by Crippen LogP contribution is -1.95. The van der Waals surface area contributed by atoms with Gasteiger partial charge in [-0.25, -0.2) is 0 Å². The molecule has 1 rings (SSSR count). The number of rotatable bonds is 5. The first-order chi connectivity index (χ1) is 7.31. The van der Waals surface area contributed by atoms with E-state index in [4.69, 9.17) is 15.2 Å². The van der Waals surface area contributed by atoms with E-state index in [-0.39, 0.29) is 0 Å². The highest BCUT2D eigenvalue weighted by Gasteiger charge is 2.02. The maximum atomic E-state index is 5.37. The van der Waals surface area contributed by atoms with Crippen LogP contribution in [0.15, 0.2) is 30.4 Å². The molecule has 2 N–H and O–H groups in total. The van der Waals surface area contributed by atoms with Gasteiger partial charge in [0.05, 0.1) is 14.2 Å². The molecular formula is C12H17NO2. The van der Waals surface area contributed by atoms with Crippen LogP contribution in [0.5, 0.6) is 11.5 Å². The lowest BCUT2D eigenvalue weighted by Gasteiger charge is -2.08. The van der Waals surface area contributed by atoms with Crippen molar-refractivity contribution in [1.82, 2.24) is 0 Å². The van der Waals surface area contributed by atoms with Crippen molar-refractivity contribution in [3.8, 4) is 11.5 Å². The van der Waals surface area contributed by atoms with Gasteiger partial charge in [-0.1, -0.05) is 18.2 Å². The number of nitrogens with two attached hydrogens (primary N) is 1. The van der Waals surface area contributed by atoms with Crippen molar-refractivity contribution in [3.63, 3.8) is 0 Å². The van der Waals surface area contributed by atoms with E-state index in [9.17, 15) is 0 Å². The first-order valence-corrected chi connectivity index (χ1v) is 4.87. The first kappa shape index (κ1) is 11.6. The number of methoxy groups -OCH3 is 2. The van der Waals surface area contributed by atoms with Gasteiger partial charge in [0.25, 0.3) is 0 Å². The van der Waals surface area contributed by atoms with Gasteiger partial charge < -0.3 is 15.2 Å². The lowest BCUT2D eigenvalue weighted by atomic mass is 10.1. The fourth-order valence-corrected chi connectivity index (χ4v) is 1.33. The van der Waals surface area contributed by atoms with Crippen molar-refractivity contribution in [1.29, 1.82) is 0 Å². The number of allylic oxidation sites excluding steroid dienone is 1. The van der Waals surface area contributed by atoms with Crippen LogP contribution in [0.2, 0.25) is 0 Å². The van der Waals surface area contributed by atoms with Gasteiger partial charge in [-0.3, -0.25) is 0 Å². The van der Waals surface area contributed by atoms with E-state index >= 15 is 0 Å². The van der Waals surface area contributed by atoms with Crippen molar-refractivity contribution in [2.24, 2.45) is 5.73 Å². The zero-order valence-corrected chi connectivity index (χ0v) is 9.19. The summed E-state index contributed by atoms with van der Waals surface area (Å²) in [5, 5.41) is 0. The van der Waals surface area contributed by atoms with Gasteiger partial charge in [-0.05, 0) is 18.1 Å². The number of benzene rings is 1. The van der Waals surface area contributed by atoms with Crippen molar-refractivity contribution in [3.05, 3.63) is 35.9 Å². The topological polar surface area (TPSA) is 44.5 Å². The first-order valence-electron chi connectivity index (χ1n) is 4.87. The second kappa shape index (κ2) is 6.09. The molecular weight excluding hydrogens is 190 g/mol. The number of hydrogen-bond acceptors (Lipinski definition) is 3. The molecule has 0 atom stereocenters. The van der Waals surface area contributed by atoms with Crippen LogP contribution in [-0.2, 0) is 6.42 Å². The minimum absolute atomic E-state index is 0.568. The van der Waals surface area contributed by atoms with Crippen LogP contribution in [0, 0.1) is 0 Å². The fraction of sp³-hybridized carbons (Fsp3) is 0.333. The quantitative estimate of drug-likeness (QED) is 0.748. The molecule has 82 valence electrons. The van der Waals surface area contributed by atoms with Crippen molar-refractivity contribution < 1.29 is 9.47 Å². The molecule has 0 unspecified atom stereocenters. The molecule has 1 aromatic rings. The zero-order chi connectivity index (χ0) is 11.1. The summed E-state index contributed by atoms with van der Waals surface area (Å²) in [5.41, 5.74) is 6.50. The van der Waals surface area contributed by atoms with E-state index in [0.717, 1.165) is 23.5 Å². The third-order valence-corrected chi connectivity index (χ3v) is 2.13. The normalized spacial score (nSPS) is 10.6. The van der Waals surface area contributed by atoms with E-state index in [1.165, 1.54) is 0 Å². The summed E-state index contributed by atoms with van der Waals surface area (Å²) in [6.07, 6.45) is 4.79. The average Bonchev–Trinajstić information content (AvgIpc) is 2.29. The van der Waals surface area contributed by atoms with E-state index < -0.39 is 0 Å². The van der Waals surface area contributed by atoms with E-state index in [0.29, 0.717) is 6.54 Å². The molecule has 0 aliphatic carbocycles. The molecule has 0 aliphatic heterocycles. The van der Waals surface area contributed by atoms with Gasteiger partial charge >= 0.3 is 0 Å². The molecule has 0 saturated heterocycles. The van der Waals surface area contributed by atoms with Crippen LogP contribution in [0.4, 0.5) is 0 Å². The Morgan fingerprint density at radius 1 is 1.20 bits per heavy atom. The van der Waals surface area contributed by atoms with Gasteiger partial charge in [0.1, 0.15) is 11.5 Å². The van der Waals surface area contributed by atoms with Crippen LogP contribution in [0.3, 0.4) is 0 Å². The molecule has 3 heteroatoms. The molecule has 0 saturated carbocycles. The predicted molar refractivity (Wildman–Crippen MR) is 61.4 cm³/mol. The highest BCUT2D eigenvalue weighted by atomic mass is 16.5. The Morgan fingerprint density at radius 3 is 2.60 bits per heavy atom. The second-order valence-electron chi connectivity index (χ2n) is 3.09.